The van der Waals surface area contributed by atoms with Crippen LogP contribution in [0.2, 0.25) is 0 Å². The second-order valence-corrected chi connectivity index (χ2v) is 3.55. The fraction of sp³-hybridized carbons (Fsp3) is 0.300. The standard InChI is InChI=1S/C10H13N5O/c1-7-12-9(5-10(16)13-7)11-6-8-3-4-15(2)14-8/h3-5H,6H2,1-2H3,(H2,11,12,13,16). The maximum Gasteiger partial charge on any atom is 0.252 e. The number of hydrogen-bond donors (Lipinski definition) is 2. The number of rotatable bonds is 3. The molecule has 0 fully saturated rings. The predicted molar refractivity (Wildman–Crippen MR) is 60.1 cm³/mol. The fourth-order valence-electron chi connectivity index (χ4n) is 1.41. The third-order valence-corrected chi connectivity index (χ3v) is 2.08. The van der Waals surface area contributed by atoms with Crippen LogP contribution in [0.1, 0.15) is 11.5 Å². The van der Waals surface area contributed by atoms with Gasteiger partial charge in [0.15, 0.2) is 0 Å². The largest absolute Gasteiger partial charge is 0.364 e. The van der Waals surface area contributed by atoms with Gasteiger partial charge in [0.05, 0.1) is 12.2 Å². The van der Waals surface area contributed by atoms with E-state index in [2.05, 4.69) is 20.4 Å². The summed E-state index contributed by atoms with van der Waals surface area (Å²) >= 11 is 0. The molecule has 0 aliphatic rings. The van der Waals surface area contributed by atoms with Gasteiger partial charge >= 0.3 is 0 Å². The Bertz CT molecular complexity index is 542. The quantitative estimate of drug-likeness (QED) is 0.784. The highest BCUT2D eigenvalue weighted by Crippen LogP contribution is 2.01. The molecule has 84 valence electrons. The maximum atomic E-state index is 11.2. The molecule has 0 bridgehead atoms. The molecule has 16 heavy (non-hydrogen) atoms. The van der Waals surface area contributed by atoms with Crippen LogP contribution in [0.15, 0.2) is 23.1 Å². The number of hydrogen-bond acceptors (Lipinski definition) is 4. The molecule has 0 amide bonds. The van der Waals surface area contributed by atoms with E-state index in [0.29, 0.717) is 18.2 Å². The number of H-pyrrole nitrogens is 1. The lowest BCUT2D eigenvalue weighted by Gasteiger charge is -2.03. The number of nitrogens with zero attached hydrogens (tertiary/aromatic N) is 3. The zero-order chi connectivity index (χ0) is 11.5. The Morgan fingerprint density at radius 2 is 2.38 bits per heavy atom. The van der Waals surface area contributed by atoms with Crippen molar-refractivity contribution in [1.29, 1.82) is 0 Å². The zero-order valence-electron chi connectivity index (χ0n) is 9.19. The Kier molecular flexibility index (Phi) is 2.72. The summed E-state index contributed by atoms with van der Waals surface area (Å²) in [5.41, 5.74) is 0.748. The molecule has 0 aromatic carbocycles. The molecule has 0 spiro atoms. The molecule has 2 aromatic heterocycles. The molecule has 0 radical (unpaired) electrons. The topological polar surface area (TPSA) is 75.6 Å². The zero-order valence-corrected chi connectivity index (χ0v) is 9.19. The average molecular weight is 219 g/mol. The number of aryl methyl sites for hydroxylation is 2. The van der Waals surface area contributed by atoms with Gasteiger partial charge in [-0.15, -0.1) is 0 Å². The lowest BCUT2D eigenvalue weighted by molar-refractivity contribution is 0.746. The Hall–Kier alpha value is -2.11. The van der Waals surface area contributed by atoms with Gasteiger partial charge in [0.25, 0.3) is 5.56 Å². The van der Waals surface area contributed by atoms with Crippen LogP contribution in [0.25, 0.3) is 0 Å². The van der Waals surface area contributed by atoms with E-state index >= 15 is 0 Å². The average Bonchev–Trinajstić information content (AvgIpc) is 2.60. The van der Waals surface area contributed by atoms with Crippen molar-refractivity contribution >= 4 is 5.82 Å². The summed E-state index contributed by atoms with van der Waals surface area (Å²) in [4.78, 5) is 17.9. The Labute approximate surface area is 92.3 Å². The van der Waals surface area contributed by atoms with Crippen LogP contribution < -0.4 is 10.9 Å². The molecule has 6 nitrogen and oxygen atoms in total. The molecule has 6 heteroatoms. The van der Waals surface area contributed by atoms with E-state index in [9.17, 15) is 4.79 Å². The second-order valence-electron chi connectivity index (χ2n) is 3.55. The summed E-state index contributed by atoms with van der Waals surface area (Å²) in [5, 5.41) is 7.26. The van der Waals surface area contributed by atoms with Gasteiger partial charge in [-0.2, -0.15) is 5.10 Å². The third-order valence-electron chi connectivity index (χ3n) is 2.08. The van der Waals surface area contributed by atoms with Crippen molar-refractivity contribution < 1.29 is 0 Å². The highest BCUT2D eigenvalue weighted by Gasteiger charge is 1.99. The SMILES string of the molecule is Cc1nc(NCc2ccn(C)n2)cc(=O)[nH]1. The summed E-state index contributed by atoms with van der Waals surface area (Å²) in [5.74, 6) is 1.16. The van der Waals surface area contributed by atoms with Gasteiger partial charge < -0.3 is 10.3 Å². The smallest absolute Gasteiger partial charge is 0.252 e. The molecule has 2 heterocycles. The summed E-state index contributed by atoms with van der Waals surface area (Å²) in [6.07, 6.45) is 1.87. The summed E-state index contributed by atoms with van der Waals surface area (Å²) in [6.45, 7) is 2.30. The van der Waals surface area contributed by atoms with Crippen LogP contribution in [-0.2, 0) is 13.6 Å². The minimum Gasteiger partial charge on any atom is -0.364 e. The fourth-order valence-corrected chi connectivity index (χ4v) is 1.41. The summed E-state index contributed by atoms with van der Waals surface area (Å²) < 4.78 is 1.73. The van der Waals surface area contributed by atoms with Crippen LogP contribution in [0.5, 0.6) is 0 Å². The number of anilines is 1. The van der Waals surface area contributed by atoms with Crippen LogP contribution in [0.4, 0.5) is 5.82 Å². The monoisotopic (exact) mass is 219 g/mol. The van der Waals surface area contributed by atoms with Gasteiger partial charge in [0, 0.05) is 19.3 Å². The molecule has 0 saturated heterocycles. The first-order chi connectivity index (χ1) is 7.63. The van der Waals surface area contributed by atoms with E-state index in [1.807, 2.05) is 19.3 Å². The second kappa shape index (κ2) is 4.18. The summed E-state index contributed by atoms with van der Waals surface area (Å²) in [7, 11) is 1.86. The number of nitrogens with one attached hydrogen (secondary N) is 2. The van der Waals surface area contributed by atoms with E-state index in [1.54, 1.807) is 11.6 Å². The van der Waals surface area contributed by atoms with Crippen molar-refractivity contribution in [2.45, 2.75) is 13.5 Å². The molecule has 2 aromatic rings. The molecule has 2 N–H and O–H groups in total. The molecule has 2 rings (SSSR count). The van der Waals surface area contributed by atoms with E-state index in [-0.39, 0.29) is 5.56 Å². The lowest BCUT2D eigenvalue weighted by Crippen LogP contribution is -2.12. The van der Waals surface area contributed by atoms with Gasteiger partial charge in [-0.1, -0.05) is 0 Å². The highest BCUT2D eigenvalue weighted by atomic mass is 16.1. The van der Waals surface area contributed by atoms with Crippen LogP contribution >= 0.6 is 0 Å². The van der Waals surface area contributed by atoms with E-state index < -0.39 is 0 Å². The lowest BCUT2D eigenvalue weighted by atomic mass is 10.4. The van der Waals surface area contributed by atoms with Crippen LogP contribution in [-0.4, -0.2) is 19.7 Å². The number of aromatic nitrogens is 4. The molecular formula is C10H13N5O. The van der Waals surface area contributed by atoms with Crippen molar-refractivity contribution in [3.8, 4) is 0 Å². The van der Waals surface area contributed by atoms with Crippen molar-refractivity contribution in [2.75, 3.05) is 5.32 Å². The third kappa shape index (κ3) is 2.47. The van der Waals surface area contributed by atoms with Crippen molar-refractivity contribution in [2.24, 2.45) is 7.05 Å². The van der Waals surface area contributed by atoms with E-state index in [4.69, 9.17) is 0 Å². The Morgan fingerprint density at radius 3 is 3.00 bits per heavy atom. The van der Waals surface area contributed by atoms with E-state index in [0.717, 1.165) is 5.69 Å². The highest BCUT2D eigenvalue weighted by molar-refractivity contribution is 5.33. The van der Waals surface area contributed by atoms with E-state index in [1.165, 1.54) is 6.07 Å². The first-order valence-electron chi connectivity index (χ1n) is 4.94. The Balaban J connectivity index is 2.07. The Morgan fingerprint density at radius 1 is 1.56 bits per heavy atom. The van der Waals surface area contributed by atoms with Crippen LogP contribution in [0.3, 0.4) is 0 Å². The van der Waals surface area contributed by atoms with Gasteiger partial charge in [-0.25, -0.2) is 4.98 Å². The number of aromatic amines is 1. The molecule has 0 aliphatic carbocycles. The van der Waals surface area contributed by atoms with Crippen LogP contribution in [0, 0.1) is 6.92 Å². The van der Waals surface area contributed by atoms with Gasteiger partial charge in [0.1, 0.15) is 11.6 Å². The van der Waals surface area contributed by atoms with Crippen molar-refractivity contribution in [3.63, 3.8) is 0 Å². The molecule has 0 aliphatic heterocycles. The first-order valence-corrected chi connectivity index (χ1v) is 4.94. The normalized spacial score (nSPS) is 10.4. The molecule has 0 atom stereocenters. The molecule has 0 saturated carbocycles. The van der Waals surface area contributed by atoms with Gasteiger partial charge in [-0.05, 0) is 13.0 Å². The van der Waals surface area contributed by atoms with Crippen molar-refractivity contribution in [3.05, 3.63) is 40.2 Å². The summed E-state index contributed by atoms with van der Waals surface area (Å²) in [6, 6.07) is 3.34. The maximum absolute atomic E-state index is 11.2. The van der Waals surface area contributed by atoms with Gasteiger partial charge in [-0.3, -0.25) is 9.48 Å². The van der Waals surface area contributed by atoms with Crippen molar-refractivity contribution in [1.82, 2.24) is 19.7 Å². The van der Waals surface area contributed by atoms with Gasteiger partial charge in [0.2, 0.25) is 0 Å². The minimum absolute atomic E-state index is 0.156. The molecular weight excluding hydrogens is 206 g/mol. The first kappa shape index (κ1) is 10.4. The predicted octanol–water partition coefficient (Wildman–Crippen LogP) is 0.424. The molecule has 0 unspecified atom stereocenters. The minimum atomic E-state index is -0.156.